The van der Waals surface area contributed by atoms with E-state index < -0.39 is 5.97 Å². The van der Waals surface area contributed by atoms with E-state index in [0.29, 0.717) is 5.56 Å². The number of amides is 1. The second-order valence-corrected chi connectivity index (χ2v) is 7.44. The first kappa shape index (κ1) is 17.4. The number of para-hydroxylation sites is 1. The number of nitrogens with one attached hydrogen (secondary N) is 1. The summed E-state index contributed by atoms with van der Waals surface area (Å²) in [5.74, 6) is -0.0703. The van der Waals surface area contributed by atoms with Crippen molar-refractivity contribution in [3.8, 4) is 0 Å². The van der Waals surface area contributed by atoms with E-state index in [-0.39, 0.29) is 12.5 Å². The Morgan fingerprint density at radius 2 is 1.92 bits per heavy atom. The minimum Gasteiger partial charge on any atom is -0.452 e. The molecule has 0 aliphatic heterocycles. The normalized spacial score (nSPS) is 10.6. The molecule has 0 bridgehead atoms. The van der Waals surface area contributed by atoms with Crippen molar-refractivity contribution in [3.05, 3.63) is 59.7 Å². The molecule has 25 heavy (non-hydrogen) atoms. The maximum atomic E-state index is 11.8. The molecular formula is C18H16N2O3S2. The van der Waals surface area contributed by atoms with Crippen molar-refractivity contribution >= 4 is 45.2 Å². The molecule has 7 heteroatoms. The molecular weight excluding hydrogens is 356 g/mol. The van der Waals surface area contributed by atoms with Crippen molar-refractivity contribution in [2.45, 2.75) is 10.1 Å². The largest absolute Gasteiger partial charge is 0.452 e. The van der Waals surface area contributed by atoms with Gasteiger partial charge in [0.25, 0.3) is 5.91 Å². The fourth-order valence-corrected chi connectivity index (χ4v) is 4.11. The number of carbonyl (C=O) groups is 2. The van der Waals surface area contributed by atoms with Gasteiger partial charge in [0.2, 0.25) is 0 Å². The molecule has 1 amide bonds. The van der Waals surface area contributed by atoms with Crippen molar-refractivity contribution < 1.29 is 14.3 Å². The lowest BCUT2D eigenvalue weighted by Gasteiger charge is -2.05. The van der Waals surface area contributed by atoms with Gasteiger partial charge in [-0.1, -0.05) is 36.0 Å². The number of ether oxygens (including phenoxy) is 1. The number of esters is 1. The zero-order chi connectivity index (χ0) is 17.6. The van der Waals surface area contributed by atoms with Gasteiger partial charge in [0.1, 0.15) is 0 Å². The molecule has 0 aliphatic carbocycles. The van der Waals surface area contributed by atoms with Crippen LogP contribution in [0.3, 0.4) is 0 Å². The van der Waals surface area contributed by atoms with Gasteiger partial charge in [0, 0.05) is 12.8 Å². The third-order valence-corrected chi connectivity index (χ3v) is 5.69. The zero-order valence-electron chi connectivity index (χ0n) is 13.5. The molecule has 0 spiro atoms. The molecule has 0 unspecified atom stereocenters. The van der Waals surface area contributed by atoms with Crippen LogP contribution in [-0.4, -0.2) is 30.5 Å². The number of fused-ring (bicyclic) bond motifs is 1. The van der Waals surface area contributed by atoms with Crippen molar-refractivity contribution in [1.29, 1.82) is 0 Å². The highest BCUT2D eigenvalue weighted by Gasteiger charge is 2.10. The van der Waals surface area contributed by atoms with Gasteiger partial charge in [-0.3, -0.25) is 4.79 Å². The highest BCUT2D eigenvalue weighted by molar-refractivity contribution is 8.00. The first-order valence-electron chi connectivity index (χ1n) is 7.61. The fourth-order valence-electron chi connectivity index (χ4n) is 2.08. The quantitative estimate of drug-likeness (QED) is 0.530. The minimum absolute atomic E-state index is 0.273. The molecule has 3 rings (SSSR count). The van der Waals surface area contributed by atoms with Crippen LogP contribution in [0.2, 0.25) is 0 Å². The van der Waals surface area contributed by atoms with Gasteiger partial charge in [-0.05, 0) is 29.8 Å². The van der Waals surface area contributed by atoms with Crippen LogP contribution in [0, 0.1) is 0 Å². The Morgan fingerprint density at radius 1 is 1.16 bits per heavy atom. The van der Waals surface area contributed by atoms with Crippen LogP contribution < -0.4 is 5.32 Å². The first-order valence-corrected chi connectivity index (χ1v) is 9.41. The third-order valence-electron chi connectivity index (χ3n) is 3.44. The molecule has 128 valence electrons. The number of hydrogen-bond donors (Lipinski definition) is 1. The van der Waals surface area contributed by atoms with Crippen molar-refractivity contribution in [2.75, 3.05) is 13.7 Å². The molecule has 0 saturated heterocycles. The number of carbonyl (C=O) groups excluding carboxylic acids is 2. The van der Waals surface area contributed by atoms with E-state index in [1.54, 1.807) is 35.2 Å². The molecule has 0 aliphatic rings. The van der Waals surface area contributed by atoms with Crippen LogP contribution in [0.5, 0.6) is 0 Å². The zero-order valence-corrected chi connectivity index (χ0v) is 15.2. The summed E-state index contributed by atoms with van der Waals surface area (Å²) >= 11 is 3.34. The van der Waals surface area contributed by atoms with Crippen molar-refractivity contribution in [3.63, 3.8) is 0 Å². The van der Waals surface area contributed by atoms with Gasteiger partial charge in [-0.15, -0.1) is 11.3 Å². The fraction of sp³-hybridized carbons (Fsp3) is 0.167. The first-order chi connectivity index (χ1) is 12.2. The Bertz CT molecular complexity index is 858. The predicted molar refractivity (Wildman–Crippen MR) is 100.0 cm³/mol. The Balaban J connectivity index is 1.57. The number of rotatable bonds is 6. The molecule has 0 fully saturated rings. The van der Waals surface area contributed by atoms with Crippen LogP contribution in [0.4, 0.5) is 0 Å². The lowest BCUT2D eigenvalue weighted by molar-refractivity contribution is -0.123. The second kappa shape index (κ2) is 8.13. The molecule has 0 radical (unpaired) electrons. The monoisotopic (exact) mass is 372 g/mol. The summed E-state index contributed by atoms with van der Waals surface area (Å²) in [5, 5.41) is 2.40. The van der Waals surface area contributed by atoms with Crippen LogP contribution in [-0.2, 0) is 15.3 Å². The van der Waals surface area contributed by atoms with Gasteiger partial charge < -0.3 is 10.1 Å². The number of benzene rings is 2. The Morgan fingerprint density at radius 3 is 2.64 bits per heavy atom. The summed E-state index contributed by atoms with van der Waals surface area (Å²) in [5.41, 5.74) is 2.54. The van der Waals surface area contributed by atoms with Crippen LogP contribution in [0.1, 0.15) is 15.9 Å². The predicted octanol–water partition coefficient (Wildman–Crippen LogP) is 3.49. The van der Waals surface area contributed by atoms with E-state index in [4.69, 9.17) is 4.74 Å². The van der Waals surface area contributed by atoms with E-state index >= 15 is 0 Å². The number of nitrogens with zero attached hydrogens (tertiary/aromatic N) is 1. The molecule has 1 N–H and O–H groups in total. The van der Waals surface area contributed by atoms with Crippen LogP contribution in [0.15, 0.2) is 52.9 Å². The maximum Gasteiger partial charge on any atom is 0.338 e. The van der Waals surface area contributed by atoms with E-state index in [2.05, 4.69) is 16.4 Å². The summed E-state index contributed by atoms with van der Waals surface area (Å²) in [6.07, 6.45) is 0. The topological polar surface area (TPSA) is 68.3 Å². The smallest absolute Gasteiger partial charge is 0.338 e. The van der Waals surface area contributed by atoms with Gasteiger partial charge in [-0.2, -0.15) is 0 Å². The lowest BCUT2D eigenvalue weighted by atomic mass is 10.1. The summed E-state index contributed by atoms with van der Waals surface area (Å²) in [4.78, 5) is 27.5. The average molecular weight is 372 g/mol. The SMILES string of the molecule is CNC(=O)COC(=O)c1ccc(CSc2nc3ccccc3s2)cc1. The van der Waals surface area contributed by atoms with Gasteiger partial charge in [0.15, 0.2) is 10.9 Å². The van der Waals surface area contributed by atoms with Gasteiger partial charge in [0.05, 0.1) is 15.8 Å². The maximum absolute atomic E-state index is 11.8. The van der Waals surface area contributed by atoms with Crippen LogP contribution >= 0.6 is 23.1 Å². The molecule has 0 saturated carbocycles. The van der Waals surface area contributed by atoms with E-state index in [9.17, 15) is 9.59 Å². The number of thiazole rings is 1. The molecule has 5 nitrogen and oxygen atoms in total. The van der Waals surface area contributed by atoms with E-state index in [0.717, 1.165) is 21.2 Å². The molecule has 2 aromatic carbocycles. The Labute approximate surface area is 153 Å². The molecule has 1 aromatic heterocycles. The number of likely N-dealkylation sites (N-methyl/N-ethyl adjacent to an activating group) is 1. The summed E-state index contributed by atoms with van der Waals surface area (Å²) in [6, 6.07) is 15.3. The number of aromatic nitrogens is 1. The molecule has 3 aromatic rings. The lowest BCUT2D eigenvalue weighted by Crippen LogP contribution is -2.25. The van der Waals surface area contributed by atoms with Crippen molar-refractivity contribution in [1.82, 2.24) is 10.3 Å². The second-order valence-electron chi connectivity index (χ2n) is 5.18. The number of hydrogen-bond acceptors (Lipinski definition) is 6. The summed E-state index contributed by atoms with van der Waals surface area (Å²) in [7, 11) is 1.49. The Hall–Kier alpha value is -2.38. The molecule has 1 heterocycles. The van der Waals surface area contributed by atoms with Crippen LogP contribution in [0.25, 0.3) is 10.2 Å². The minimum atomic E-state index is -0.506. The van der Waals surface area contributed by atoms with E-state index in [1.165, 1.54) is 11.7 Å². The molecule has 0 atom stereocenters. The highest BCUT2D eigenvalue weighted by atomic mass is 32.2. The van der Waals surface area contributed by atoms with Gasteiger partial charge in [-0.25, -0.2) is 9.78 Å². The summed E-state index contributed by atoms with van der Waals surface area (Å²) in [6.45, 7) is -0.273. The van der Waals surface area contributed by atoms with Gasteiger partial charge >= 0.3 is 5.97 Å². The highest BCUT2D eigenvalue weighted by Crippen LogP contribution is 2.31. The standard InChI is InChI=1S/C18H16N2O3S2/c1-19-16(21)10-23-17(22)13-8-6-12(7-9-13)11-24-18-20-14-4-2-3-5-15(14)25-18/h2-9H,10-11H2,1H3,(H,19,21). The summed E-state index contributed by atoms with van der Waals surface area (Å²) < 4.78 is 7.12. The number of thioether (sulfide) groups is 1. The van der Waals surface area contributed by atoms with Crippen molar-refractivity contribution in [2.24, 2.45) is 0 Å². The Kier molecular flexibility index (Phi) is 5.67. The van der Waals surface area contributed by atoms with E-state index in [1.807, 2.05) is 30.3 Å². The third kappa shape index (κ3) is 4.58. The average Bonchev–Trinajstić information content (AvgIpc) is 3.07.